The Morgan fingerprint density at radius 1 is 1.15 bits per heavy atom. The SMILES string of the molecule is CCOC(=O)[C@@H](C)Cc1ccc2cc(OC)ccc2c1. The van der Waals surface area contributed by atoms with Crippen molar-refractivity contribution < 1.29 is 14.3 Å². The monoisotopic (exact) mass is 272 g/mol. The van der Waals surface area contributed by atoms with Crippen LogP contribution < -0.4 is 4.74 Å². The average molecular weight is 272 g/mol. The van der Waals surface area contributed by atoms with Gasteiger partial charge in [0.1, 0.15) is 5.75 Å². The van der Waals surface area contributed by atoms with Gasteiger partial charge in [0, 0.05) is 0 Å². The van der Waals surface area contributed by atoms with Crippen LogP contribution in [0.3, 0.4) is 0 Å². The predicted molar refractivity (Wildman–Crippen MR) is 80.0 cm³/mol. The number of hydrogen-bond acceptors (Lipinski definition) is 3. The molecule has 0 spiro atoms. The fraction of sp³-hybridized carbons (Fsp3) is 0.353. The summed E-state index contributed by atoms with van der Waals surface area (Å²) in [6.45, 7) is 4.16. The van der Waals surface area contributed by atoms with Crippen LogP contribution in [0.15, 0.2) is 36.4 Å². The summed E-state index contributed by atoms with van der Waals surface area (Å²) >= 11 is 0. The average Bonchev–Trinajstić information content (AvgIpc) is 2.46. The maximum Gasteiger partial charge on any atom is 0.308 e. The summed E-state index contributed by atoms with van der Waals surface area (Å²) in [5.74, 6) is 0.595. The third-order valence-electron chi connectivity index (χ3n) is 3.34. The minimum atomic E-state index is -0.137. The van der Waals surface area contributed by atoms with Crippen molar-refractivity contribution in [2.75, 3.05) is 13.7 Å². The Morgan fingerprint density at radius 3 is 2.55 bits per heavy atom. The molecule has 20 heavy (non-hydrogen) atoms. The zero-order valence-electron chi connectivity index (χ0n) is 12.2. The molecule has 0 N–H and O–H groups in total. The molecule has 1 atom stereocenters. The van der Waals surface area contributed by atoms with Crippen molar-refractivity contribution >= 4 is 16.7 Å². The van der Waals surface area contributed by atoms with Crippen molar-refractivity contribution in [2.24, 2.45) is 5.92 Å². The van der Waals surface area contributed by atoms with Crippen LogP contribution in [0, 0.1) is 5.92 Å². The minimum absolute atomic E-state index is 0.120. The maximum absolute atomic E-state index is 11.7. The quantitative estimate of drug-likeness (QED) is 0.780. The van der Waals surface area contributed by atoms with Crippen molar-refractivity contribution in [1.82, 2.24) is 0 Å². The van der Waals surface area contributed by atoms with E-state index in [9.17, 15) is 4.79 Å². The van der Waals surface area contributed by atoms with Gasteiger partial charge < -0.3 is 9.47 Å². The lowest BCUT2D eigenvalue weighted by Crippen LogP contribution is -2.16. The molecular formula is C17H20O3. The first-order valence-electron chi connectivity index (χ1n) is 6.87. The van der Waals surface area contributed by atoms with E-state index >= 15 is 0 Å². The van der Waals surface area contributed by atoms with Crippen molar-refractivity contribution in [3.8, 4) is 5.75 Å². The van der Waals surface area contributed by atoms with Gasteiger partial charge in [0.25, 0.3) is 0 Å². The number of fused-ring (bicyclic) bond motifs is 1. The van der Waals surface area contributed by atoms with E-state index in [1.54, 1.807) is 7.11 Å². The van der Waals surface area contributed by atoms with E-state index in [-0.39, 0.29) is 11.9 Å². The highest BCUT2D eigenvalue weighted by Gasteiger charge is 2.14. The molecule has 106 valence electrons. The molecule has 2 aromatic rings. The summed E-state index contributed by atoms with van der Waals surface area (Å²) in [7, 11) is 1.66. The first kappa shape index (κ1) is 14.4. The summed E-state index contributed by atoms with van der Waals surface area (Å²) in [6.07, 6.45) is 0.695. The first-order valence-corrected chi connectivity index (χ1v) is 6.87. The van der Waals surface area contributed by atoms with Gasteiger partial charge in [-0.2, -0.15) is 0 Å². The minimum Gasteiger partial charge on any atom is -0.497 e. The molecule has 0 aliphatic heterocycles. The molecule has 0 aromatic heterocycles. The summed E-state index contributed by atoms with van der Waals surface area (Å²) in [4.78, 5) is 11.7. The standard InChI is InChI=1S/C17H20O3/c1-4-20-17(18)12(2)9-13-5-6-15-11-16(19-3)8-7-14(15)10-13/h5-8,10-12H,4,9H2,1-3H3/t12-/m0/s1. The van der Waals surface area contributed by atoms with Gasteiger partial charge in [-0.15, -0.1) is 0 Å². The smallest absolute Gasteiger partial charge is 0.308 e. The molecule has 0 fully saturated rings. The predicted octanol–water partition coefficient (Wildman–Crippen LogP) is 3.59. The maximum atomic E-state index is 11.7. The molecule has 3 nitrogen and oxygen atoms in total. The summed E-state index contributed by atoms with van der Waals surface area (Å²) in [5, 5.41) is 2.29. The van der Waals surface area contributed by atoms with Crippen molar-refractivity contribution in [3.05, 3.63) is 42.0 Å². The van der Waals surface area contributed by atoms with Crippen LogP contribution in [0.5, 0.6) is 5.75 Å². The molecule has 3 heteroatoms. The van der Waals surface area contributed by atoms with Gasteiger partial charge in [0.2, 0.25) is 0 Å². The molecule has 0 heterocycles. The molecule has 2 aromatic carbocycles. The van der Waals surface area contributed by atoms with Gasteiger partial charge in [-0.1, -0.05) is 31.2 Å². The lowest BCUT2D eigenvalue weighted by molar-refractivity contribution is -0.147. The fourth-order valence-electron chi connectivity index (χ4n) is 2.25. The highest BCUT2D eigenvalue weighted by molar-refractivity contribution is 5.84. The molecule has 0 amide bonds. The van der Waals surface area contributed by atoms with Gasteiger partial charge in [-0.3, -0.25) is 4.79 Å². The van der Waals surface area contributed by atoms with Crippen molar-refractivity contribution in [3.63, 3.8) is 0 Å². The van der Waals surface area contributed by atoms with Crippen molar-refractivity contribution in [2.45, 2.75) is 20.3 Å². The fourth-order valence-corrected chi connectivity index (χ4v) is 2.25. The van der Waals surface area contributed by atoms with E-state index in [0.717, 1.165) is 22.1 Å². The summed E-state index contributed by atoms with van der Waals surface area (Å²) in [6, 6.07) is 12.2. The second-order valence-corrected chi connectivity index (χ2v) is 4.90. The Balaban J connectivity index is 2.17. The number of hydrogen-bond donors (Lipinski definition) is 0. The first-order chi connectivity index (χ1) is 9.63. The molecule has 2 rings (SSSR count). The Hall–Kier alpha value is -2.03. The number of rotatable bonds is 5. The number of esters is 1. The zero-order valence-corrected chi connectivity index (χ0v) is 12.2. The van der Waals surface area contributed by atoms with Gasteiger partial charge in [-0.25, -0.2) is 0 Å². The van der Waals surface area contributed by atoms with Crippen LogP contribution in [-0.2, 0) is 16.0 Å². The van der Waals surface area contributed by atoms with E-state index in [1.165, 1.54) is 0 Å². The van der Waals surface area contributed by atoms with Gasteiger partial charge in [-0.05, 0) is 41.8 Å². The van der Waals surface area contributed by atoms with Crippen LogP contribution in [0.1, 0.15) is 19.4 Å². The van der Waals surface area contributed by atoms with E-state index in [1.807, 2.05) is 32.0 Å². The molecule has 0 saturated carbocycles. The summed E-state index contributed by atoms with van der Waals surface area (Å²) < 4.78 is 10.3. The van der Waals surface area contributed by atoms with Gasteiger partial charge in [0.05, 0.1) is 19.6 Å². The van der Waals surface area contributed by atoms with Crippen LogP contribution in [0.2, 0.25) is 0 Å². The highest BCUT2D eigenvalue weighted by atomic mass is 16.5. The third kappa shape index (κ3) is 3.29. The van der Waals surface area contributed by atoms with E-state index in [4.69, 9.17) is 9.47 Å². The second kappa shape index (κ2) is 6.42. The van der Waals surface area contributed by atoms with Crippen molar-refractivity contribution in [1.29, 1.82) is 0 Å². The number of carbonyl (C=O) groups excluding carboxylic acids is 1. The lowest BCUT2D eigenvalue weighted by atomic mass is 9.98. The Morgan fingerprint density at radius 2 is 1.85 bits per heavy atom. The van der Waals surface area contributed by atoms with E-state index < -0.39 is 0 Å². The van der Waals surface area contributed by atoms with Crippen LogP contribution in [-0.4, -0.2) is 19.7 Å². The van der Waals surface area contributed by atoms with E-state index in [0.29, 0.717) is 13.0 Å². The topological polar surface area (TPSA) is 35.5 Å². The normalized spacial score (nSPS) is 12.2. The zero-order chi connectivity index (χ0) is 14.5. The van der Waals surface area contributed by atoms with Crippen LogP contribution >= 0.6 is 0 Å². The van der Waals surface area contributed by atoms with Crippen LogP contribution in [0.4, 0.5) is 0 Å². The third-order valence-corrected chi connectivity index (χ3v) is 3.34. The molecule has 0 bridgehead atoms. The molecule has 0 aliphatic carbocycles. The molecular weight excluding hydrogens is 252 g/mol. The molecule has 0 radical (unpaired) electrons. The number of benzene rings is 2. The Kier molecular flexibility index (Phi) is 4.61. The largest absolute Gasteiger partial charge is 0.497 e. The number of carbonyl (C=O) groups is 1. The summed E-state index contributed by atoms with van der Waals surface area (Å²) in [5.41, 5.74) is 1.14. The van der Waals surface area contributed by atoms with Gasteiger partial charge >= 0.3 is 5.97 Å². The Bertz CT molecular complexity index is 604. The van der Waals surface area contributed by atoms with E-state index in [2.05, 4.69) is 18.2 Å². The number of ether oxygens (including phenoxy) is 2. The lowest BCUT2D eigenvalue weighted by Gasteiger charge is -2.11. The molecule has 0 saturated heterocycles. The number of methoxy groups -OCH3 is 1. The molecule has 0 aliphatic rings. The highest BCUT2D eigenvalue weighted by Crippen LogP contribution is 2.23. The van der Waals surface area contributed by atoms with Crippen LogP contribution in [0.25, 0.3) is 10.8 Å². The van der Waals surface area contributed by atoms with Gasteiger partial charge in [0.15, 0.2) is 0 Å². The molecule has 0 unspecified atom stereocenters. The Labute approximate surface area is 119 Å². The second-order valence-electron chi connectivity index (χ2n) is 4.90.